The van der Waals surface area contributed by atoms with Crippen LogP contribution in [-0.2, 0) is 4.79 Å². The molecule has 2 fully saturated rings. The van der Waals surface area contributed by atoms with E-state index in [2.05, 4.69) is 36.0 Å². The molecule has 4 heteroatoms. The Bertz CT molecular complexity index is 307. The molecule has 2 rings (SSSR count). The molecular formula is C15H29N3O. The summed E-state index contributed by atoms with van der Waals surface area (Å²) in [7, 11) is 2.15. The zero-order valence-electron chi connectivity index (χ0n) is 12.7. The van der Waals surface area contributed by atoms with Crippen molar-refractivity contribution in [2.45, 2.75) is 45.6 Å². The first-order chi connectivity index (χ1) is 9.09. The normalized spacial score (nSPS) is 28.4. The number of rotatable bonds is 3. The van der Waals surface area contributed by atoms with Crippen LogP contribution >= 0.6 is 0 Å². The van der Waals surface area contributed by atoms with Gasteiger partial charge in [0.1, 0.15) is 0 Å². The molecule has 110 valence electrons. The van der Waals surface area contributed by atoms with E-state index in [0.29, 0.717) is 11.9 Å². The van der Waals surface area contributed by atoms with Crippen molar-refractivity contribution in [3.63, 3.8) is 0 Å². The molecule has 2 aliphatic rings. The van der Waals surface area contributed by atoms with Crippen molar-refractivity contribution in [1.29, 1.82) is 0 Å². The molecule has 2 aliphatic heterocycles. The van der Waals surface area contributed by atoms with E-state index in [-0.39, 0.29) is 5.41 Å². The molecule has 2 heterocycles. The number of hydrogen-bond acceptors (Lipinski definition) is 3. The number of hydrogen-bond donors (Lipinski definition) is 1. The lowest BCUT2D eigenvalue weighted by Crippen LogP contribution is -2.57. The lowest BCUT2D eigenvalue weighted by atomic mass is 9.74. The van der Waals surface area contributed by atoms with Crippen LogP contribution in [0.2, 0.25) is 0 Å². The van der Waals surface area contributed by atoms with Crippen molar-refractivity contribution < 1.29 is 4.79 Å². The maximum Gasteiger partial charge on any atom is 0.228 e. The number of nitrogens with zero attached hydrogens (tertiary/aromatic N) is 2. The second-order valence-corrected chi connectivity index (χ2v) is 6.36. The van der Waals surface area contributed by atoms with Gasteiger partial charge in [-0.2, -0.15) is 0 Å². The SMILES string of the molecule is CCCC1(C(=O)N2CCN(C)C(C)C2)CCNCC1. The summed E-state index contributed by atoms with van der Waals surface area (Å²) in [5.74, 6) is 0.427. The minimum atomic E-state index is -0.0738. The molecule has 0 aromatic rings. The second kappa shape index (κ2) is 6.23. The molecule has 2 saturated heterocycles. The van der Waals surface area contributed by atoms with Crippen LogP contribution in [0.15, 0.2) is 0 Å². The quantitative estimate of drug-likeness (QED) is 0.838. The summed E-state index contributed by atoms with van der Waals surface area (Å²) in [4.78, 5) is 17.5. The van der Waals surface area contributed by atoms with Gasteiger partial charge in [-0.1, -0.05) is 13.3 Å². The molecule has 0 aliphatic carbocycles. The maximum absolute atomic E-state index is 13.0. The van der Waals surface area contributed by atoms with E-state index >= 15 is 0 Å². The Kier molecular flexibility index (Phi) is 4.85. The van der Waals surface area contributed by atoms with E-state index in [0.717, 1.165) is 58.4 Å². The summed E-state index contributed by atoms with van der Waals surface area (Å²) in [5.41, 5.74) is -0.0738. The summed E-state index contributed by atoms with van der Waals surface area (Å²) in [5, 5.41) is 3.39. The van der Waals surface area contributed by atoms with E-state index in [4.69, 9.17) is 0 Å². The second-order valence-electron chi connectivity index (χ2n) is 6.36. The average molecular weight is 267 g/mol. The number of likely N-dealkylation sites (N-methyl/N-ethyl adjacent to an activating group) is 1. The highest BCUT2D eigenvalue weighted by atomic mass is 16.2. The van der Waals surface area contributed by atoms with Crippen LogP contribution in [0, 0.1) is 5.41 Å². The van der Waals surface area contributed by atoms with Crippen molar-refractivity contribution in [2.24, 2.45) is 5.41 Å². The highest BCUT2D eigenvalue weighted by Crippen LogP contribution is 2.36. The Morgan fingerprint density at radius 3 is 2.58 bits per heavy atom. The van der Waals surface area contributed by atoms with E-state index in [1.807, 2.05) is 0 Å². The van der Waals surface area contributed by atoms with E-state index < -0.39 is 0 Å². The molecular weight excluding hydrogens is 238 g/mol. The molecule has 1 atom stereocenters. The largest absolute Gasteiger partial charge is 0.339 e. The monoisotopic (exact) mass is 267 g/mol. The van der Waals surface area contributed by atoms with Crippen molar-refractivity contribution in [3.8, 4) is 0 Å². The number of nitrogens with one attached hydrogen (secondary N) is 1. The summed E-state index contributed by atoms with van der Waals surface area (Å²) in [6.07, 6.45) is 4.18. The fourth-order valence-corrected chi connectivity index (χ4v) is 3.52. The lowest BCUT2D eigenvalue weighted by molar-refractivity contribution is -0.147. The molecule has 0 aromatic heterocycles. The highest BCUT2D eigenvalue weighted by molar-refractivity contribution is 5.83. The summed E-state index contributed by atoms with van der Waals surface area (Å²) in [6, 6.07) is 0.484. The molecule has 4 nitrogen and oxygen atoms in total. The number of amides is 1. The Labute approximate surface area is 117 Å². The van der Waals surface area contributed by atoms with Crippen molar-refractivity contribution in [2.75, 3.05) is 39.8 Å². The van der Waals surface area contributed by atoms with Crippen LogP contribution in [0.3, 0.4) is 0 Å². The molecule has 0 spiro atoms. The Balaban J connectivity index is 2.06. The predicted molar refractivity (Wildman–Crippen MR) is 78.1 cm³/mol. The number of piperazine rings is 1. The number of carbonyl (C=O) groups is 1. The molecule has 19 heavy (non-hydrogen) atoms. The third-order valence-corrected chi connectivity index (χ3v) is 4.99. The smallest absolute Gasteiger partial charge is 0.228 e. The van der Waals surface area contributed by atoms with Gasteiger partial charge in [-0.15, -0.1) is 0 Å². The standard InChI is InChI=1S/C15H29N3O/c1-4-5-15(6-8-16-9-7-15)14(19)18-11-10-17(3)13(2)12-18/h13,16H,4-12H2,1-3H3. The zero-order chi connectivity index (χ0) is 13.9. The highest BCUT2D eigenvalue weighted by Gasteiger charge is 2.42. The van der Waals surface area contributed by atoms with Gasteiger partial charge in [0.2, 0.25) is 5.91 Å². The minimum absolute atomic E-state index is 0.0738. The van der Waals surface area contributed by atoms with Gasteiger partial charge in [0.05, 0.1) is 5.41 Å². The number of carbonyl (C=O) groups excluding carboxylic acids is 1. The van der Waals surface area contributed by atoms with Crippen LogP contribution in [0.25, 0.3) is 0 Å². The van der Waals surface area contributed by atoms with Gasteiger partial charge < -0.3 is 15.1 Å². The van der Waals surface area contributed by atoms with Gasteiger partial charge >= 0.3 is 0 Å². The van der Waals surface area contributed by atoms with Crippen LogP contribution in [0.4, 0.5) is 0 Å². The topological polar surface area (TPSA) is 35.6 Å². The van der Waals surface area contributed by atoms with Gasteiger partial charge in [-0.05, 0) is 46.3 Å². The molecule has 0 radical (unpaired) electrons. The van der Waals surface area contributed by atoms with Crippen molar-refractivity contribution >= 4 is 5.91 Å². The average Bonchev–Trinajstić information content (AvgIpc) is 2.42. The molecule has 1 amide bonds. The minimum Gasteiger partial charge on any atom is -0.339 e. The number of piperidine rings is 1. The third kappa shape index (κ3) is 3.11. The Morgan fingerprint density at radius 1 is 1.32 bits per heavy atom. The molecule has 1 unspecified atom stereocenters. The van der Waals surface area contributed by atoms with Crippen LogP contribution in [-0.4, -0.2) is 61.5 Å². The van der Waals surface area contributed by atoms with E-state index in [9.17, 15) is 4.79 Å². The summed E-state index contributed by atoms with van der Waals surface area (Å²) in [6.45, 7) is 9.21. The van der Waals surface area contributed by atoms with Crippen molar-refractivity contribution in [3.05, 3.63) is 0 Å². The van der Waals surface area contributed by atoms with Gasteiger partial charge in [0, 0.05) is 25.7 Å². The lowest BCUT2D eigenvalue weighted by Gasteiger charge is -2.44. The van der Waals surface area contributed by atoms with Gasteiger partial charge in [0.25, 0.3) is 0 Å². The first kappa shape index (κ1) is 14.8. The van der Waals surface area contributed by atoms with Crippen LogP contribution in [0.1, 0.15) is 39.5 Å². The first-order valence-corrected chi connectivity index (χ1v) is 7.79. The third-order valence-electron chi connectivity index (χ3n) is 4.99. The zero-order valence-corrected chi connectivity index (χ0v) is 12.7. The molecule has 0 aromatic carbocycles. The van der Waals surface area contributed by atoms with E-state index in [1.54, 1.807) is 0 Å². The van der Waals surface area contributed by atoms with Crippen LogP contribution < -0.4 is 5.32 Å². The predicted octanol–water partition coefficient (Wildman–Crippen LogP) is 1.32. The summed E-state index contributed by atoms with van der Waals surface area (Å²) >= 11 is 0. The first-order valence-electron chi connectivity index (χ1n) is 7.79. The molecule has 0 saturated carbocycles. The van der Waals surface area contributed by atoms with E-state index in [1.165, 1.54) is 0 Å². The maximum atomic E-state index is 13.0. The molecule has 1 N–H and O–H groups in total. The fraction of sp³-hybridized carbons (Fsp3) is 0.933. The van der Waals surface area contributed by atoms with Crippen molar-refractivity contribution in [1.82, 2.24) is 15.1 Å². The van der Waals surface area contributed by atoms with Gasteiger partial charge in [-0.25, -0.2) is 0 Å². The van der Waals surface area contributed by atoms with Gasteiger partial charge in [0.15, 0.2) is 0 Å². The molecule has 0 bridgehead atoms. The van der Waals surface area contributed by atoms with Gasteiger partial charge in [-0.3, -0.25) is 4.79 Å². The summed E-state index contributed by atoms with van der Waals surface area (Å²) < 4.78 is 0. The Morgan fingerprint density at radius 2 is 2.00 bits per heavy atom. The fourth-order valence-electron chi connectivity index (χ4n) is 3.52. The van der Waals surface area contributed by atoms with Crippen LogP contribution in [0.5, 0.6) is 0 Å². The Hall–Kier alpha value is -0.610.